The molecule has 0 N–H and O–H groups in total. The van der Waals surface area contributed by atoms with Crippen LogP contribution in [-0.4, -0.2) is 59.7 Å². The van der Waals surface area contributed by atoms with Gasteiger partial charge in [0.05, 0.1) is 5.92 Å². The van der Waals surface area contributed by atoms with Crippen molar-refractivity contribution in [3.8, 4) is 0 Å². The minimum atomic E-state index is -0.471. The molecule has 7 nitrogen and oxygen atoms in total. The van der Waals surface area contributed by atoms with Gasteiger partial charge in [-0.1, -0.05) is 11.6 Å². The Morgan fingerprint density at radius 3 is 2.33 bits per heavy atom. The molecule has 0 unspecified atom stereocenters. The lowest BCUT2D eigenvalue weighted by Gasteiger charge is -2.31. The van der Waals surface area contributed by atoms with E-state index in [-0.39, 0.29) is 17.7 Å². The highest BCUT2D eigenvalue weighted by molar-refractivity contribution is 6.30. The summed E-state index contributed by atoms with van der Waals surface area (Å²) in [6, 6.07) is 6.69. The van der Waals surface area contributed by atoms with E-state index in [1.807, 2.05) is 0 Å². The van der Waals surface area contributed by atoms with Crippen molar-refractivity contribution in [3.05, 3.63) is 34.9 Å². The van der Waals surface area contributed by atoms with Crippen LogP contribution in [0.15, 0.2) is 24.3 Å². The quantitative estimate of drug-likeness (QED) is 0.730. The van der Waals surface area contributed by atoms with E-state index in [9.17, 15) is 19.2 Å². The molecule has 0 atom stereocenters. The molecule has 3 amide bonds. The van der Waals surface area contributed by atoms with Crippen molar-refractivity contribution in [1.82, 2.24) is 9.80 Å². The summed E-state index contributed by atoms with van der Waals surface area (Å²) in [5, 5.41) is 0.568. The number of halogens is 1. The first kappa shape index (κ1) is 19.4. The van der Waals surface area contributed by atoms with Crippen molar-refractivity contribution < 1.29 is 23.9 Å². The van der Waals surface area contributed by atoms with Gasteiger partial charge in [0, 0.05) is 36.6 Å². The van der Waals surface area contributed by atoms with E-state index in [0.29, 0.717) is 55.9 Å². The minimum Gasteiger partial charge on any atom is -0.455 e. The lowest BCUT2D eigenvalue weighted by Crippen LogP contribution is -2.41. The number of benzene rings is 1. The Morgan fingerprint density at radius 2 is 1.74 bits per heavy atom. The number of likely N-dealkylation sites (tertiary alicyclic amines) is 2. The molecule has 144 valence electrons. The van der Waals surface area contributed by atoms with Gasteiger partial charge < -0.3 is 9.64 Å². The first-order valence-corrected chi connectivity index (χ1v) is 9.38. The summed E-state index contributed by atoms with van der Waals surface area (Å²) in [5.41, 5.74) is 0.557. The highest BCUT2D eigenvalue weighted by Gasteiger charge is 2.31. The molecule has 0 aromatic heterocycles. The van der Waals surface area contributed by atoms with Crippen LogP contribution in [0.3, 0.4) is 0 Å². The zero-order valence-electron chi connectivity index (χ0n) is 14.9. The van der Waals surface area contributed by atoms with Crippen LogP contribution in [0.5, 0.6) is 0 Å². The summed E-state index contributed by atoms with van der Waals surface area (Å²) < 4.78 is 5.10. The molecule has 1 aromatic rings. The molecule has 0 radical (unpaired) electrons. The molecular weight excluding hydrogens is 372 g/mol. The van der Waals surface area contributed by atoms with Gasteiger partial charge in [0.15, 0.2) is 6.61 Å². The van der Waals surface area contributed by atoms with Crippen LogP contribution >= 0.6 is 11.6 Å². The van der Waals surface area contributed by atoms with E-state index in [1.54, 1.807) is 29.2 Å². The van der Waals surface area contributed by atoms with Crippen LogP contribution in [0.4, 0.5) is 0 Å². The Morgan fingerprint density at radius 1 is 1.07 bits per heavy atom. The molecule has 2 heterocycles. The molecule has 2 fully saturated rings. The van der Waals surface area contributed by atoms with Crippen molar-refractivity contribution in [2.45, 2.75) is 25.7 Å². The number of imide groups is 1. The fourth-order valence-electron chi connectivity index (χ4n) is 3.33. The molecule has 0 bridgehead atoms. The first-order chi connectivity index (χ1) is 13.0. The van der Waals surface area contributed by atoms with Crippen molar-refractivity contribution in [2.24, 2.45) is 5.92 Å². The maximum atomic E-state index is 12.5. The van der Waals surface area contributed by atoms with Crippen LogP contribution < -0.4 is 0 Å². The van der Waals surface area contributed by atoms with Gasteiger partial charge >= 0.3 is 5.97 Å². The van der Waals surface area contributed by atoms with E-state index >= 15 is 0 Å². The second-order valence-electron chi connectivity index (χ2n) is 6.72. The van der Waals surface area contributed by atoms with E-state index in [2.05, 4.69) is 0 Å². The van der Waals surface area contributed by atoms with Gasteiger partial charge in [0.25, 0.3) is 11.8 Å². The maximum Gasteiger partial charge on any atom is 0.309 e. The monoisotopic (exact) mass is 392 g/mol. The molecule has 2 aliphatic heterocycles. The predicted molar refractivity (Wildman–Crippen MR) is 97.0 cm³/mol. The number of carbonyl (C=O) groups is 4. The molecule has 0 saturated carbocycles. The van der Waals surface area contributed by atoms with Gasteiger partial charge in [0.1, 0.15) is 0 Å². The third kappa shape index (κ3) is 4.66. The highest BCUT2D eigenvalue weighted by atomic mass is 35.5. The van der Waals surface area contributed by atoms with Gasteiger partial charge in [-0.3, -0.25) is 24.1 Å². The zero-order valence-corrected chi connectivity index (χ0v) is 15.6. The second-order valence-corrected chi connectivity index (χ2v) is 7.16. The van der Waals surface area contributed by atoms with Crippen LogP contribution in [0.2, 0.25) is 5.02 Å². The third-order valence-corrected chi connectivity index (χ3v) is 5.17. The molecule has 0 spiro atoms. The average molecular weight is 393 g/mol. The summed E-state index contributed by atoms with van der Waals surface area (Å²) in [4.78, 5) is 50.9. The third-order valence-electron chi connectivity index (χ3n) is 4.92. The molecule has 2 saturated heterocycles. The van der Waals surface area contributed by atoms with Crippen LogP contribution in [0.1, 0.15) is 36.0 Å². The molecule has 3 rings (SSSR count). The Bertz CT molecular complexity index is 741. The molecule has 0 aliphatic carbocycles. The molecule has 8 heteroatoms. The fraction of sp³-hybridized carbons (Fsp3) is 0.474. The predicted octanol–water partition coefficient (Wildman–Crippen LogP) is 1.88. The Balaban J connectivity index is 1.45. The number of hydrogen-bond acceptors (Lipinski definition) is 5. The van der Waals surface area contributed by atoms with Crippen molar-refractivity contribution in [2.75, 3.05) is 26.2 Å². The largest absolute Gasteiger partial charge is 0.455 e. The van der Waals surface area contributed by atoms with Crippen molar-refractivity contribution >= 4 is 35.3 Å². The number of rotatable bonds is 4. The number of piperidine rings is 1. The van der Waals surface area contributed by atoms with Gasteiger partial charge in [-0.2, -0.15) is 0 Å². The van der Waals surface area contributed by atoms with Gasteiger partial charge in [0.2, 0.25) is 5.91 Å². The summed E-state index contributed by atoms with van der Waals surface area (Å²) in [6.45, 7) is 0.870. The Labute approximate surface area is 162 Å². The lowest BCUT2D eigenvalue weighted by atomic mass is 9.96. The molecule has 27 heavy (non-hydrogen) atoms. The van der Waals surface area contributed by atoms with E-state index in [1.165, 1.54) is 0 Å². The van der Waals surface area contributed by atoms with Crippen LogP contribution in [0, 0.1) is 5.92 Å². The van der Waals surface area contributed by atoms with Crippen LogP contribution in [-0.2, 0) is 19.1 Å². The van der Waals surface area contributed by atoms with E-state index in [4.69, 9.17) is 16.3 Å². The number of ether oxygens (including phenoxy) is 1. The number of esters is 1. The first-order valence-electron chi connectivity index (χ1n) is 9.00. The topological polar surface area (TPSA) is 84.0 Å². The standard InChI is InChI=1S/C19H21ClN2O5/c20-15-5-3-13(4-6-15)18(25)21-10-7-14(8-11-21)19(26)27-12-17(24)22-9-1-2-16(22)23/h3-6,14H,1-2,7-12H2. The number of carbonyl (C=O) groups excluding carboxylic acids is 4. The zero-order chi connectivity index (χ0) is 19.4. The van der Waals surface area contributed by atoms with Gasteiger partial charge in [-0.05, 0) is 43.5 Å². The lowest BCUT2D eigenvalue weighted by molar-refractivity contribution is -0.158. The van der Waals surface area contributed by atoms with Gasteiger partial charge in [-0.25, -0.2) is 0 Å². The highest BCUT2D eigenvalue weighted by Crippen LogP contribution is 2.21. The fourth-order valence-corrected chi connectivity index (χ4v) is 3.46. The molecular formula is C19H21ClN2O5. The van der Waals surface area contributed by atoms with Gasteiger partial charge in [-0.15, -0.1) is 0 Å². The molecule has 1 aromatic carbocycles. The smallest absolute Gasteiger partial charge is 0.309 e. The second kappa shape index (κ2) is 8.52. The number of nitrogens with zero attached hydrogens (tertiary/aromatic N) is 2. The SMILES string of the molecule is O=C(OCC(=O)N1CCCC1=O)C1CCN(C(=O)c2ccc(Cl)cc2)CC1. The summed E-state index contributed by atoms with van der Waals surface area (Å²) in [5.74, 6) is -1.58. The normalized spacial score (nSPS) is 17.9. The number of hydrogen-bond donors (Lipinski definition) is 0. The molecule has 2 aliphatic rings. The maximum absolute atomic E-state index is 12.5. The van der Waals surface area contributed by atoms with Crippen LogP contribution in [0.25, 0.3) is 0 Å². The average Bonchev–Trinajstić information content (AvgIpc) is 3.12. The summed E-state index contributed by atoms with van der Waals surface area (Å²) in [7, 11) is 0. The number of amides is 3. The van der Waals surface area contributed by atoms with E-state index in [0.717, 1.165) is 4.90 Å². The minimum absolute atomic E-state index is 0.0961. The van der Waals surface area contributed by atoms with E-state index < -0.39 is 18.5 Å². The van der Waals surface area contributed by atoms with Crippen molar-refractivity contribution in [3.63, 3.8) is 0 Å². The Hall–Kier alpha value is -2.41. The summed E-state index contributed by atoms with van der Waals surface area (Å²) >= 11 is 5.84. The summed E-state index contributed by atoms with van der Waals surface area (Å²) in [6.07, 6.45) is 1.97. The van der Waals surface area contributed by atoms with Crippen molar-refractivity contribution in [1.29, 1.82) is 0 Å². The Kier molecular flexibility index (Phi) is 6.11.